The number of halogens is 1. The molecule has 27 heavy (non-hydrogen) atoms. The first kappa shape index (κ1) is 17.3. The molecule has 2 aromatic heterocycles. The molecule has 0 aliphatic carbocycles. The van der Waals surface area contributed by atoms with Crippen molar-refractivity contribution >= 4 is 28.4 Å². The third-order valence-electron chi connectivity index (χ3n) is 4.72. The molecule has 1 aliphatic rings. The van der Waals surface area contributed by atoms with Crippen LogP contribution in [-0.2, 0) is 4.79 Å². The van der Waals surface area contributed by atoms with Gasteiger partial charge in [-0.2, -0.15) is 0 Å². The number of rotatable bonds is 5. The van der Waals surface area contributed by atoms with Crippen LogP contribution in [0.25, 0.3) is 11.0 Å². The normalized spacial score (nSPS) is 17.1. The van der Waals surface area contributed by atoms with Gasteiger partial charge in [0.2, 0.25) is 5.91 Å². The summed E-state index contributed by atoms with van der Waals surface area (Å²) in [6.45, 7) is 1.76. The molecule has 140 valence electrons. The predicted molar refractivity (Wildman–Crippen MR) is 102 cm³/mol. The maximum atomic E-state index is 12.9. The Kier molecular flexibility index (Phi) is 4.86. The van der Waals surface area contributed by atoms with Gasteiger partial charge in [-0.05, 0) is 43.2 Å². The van der Waals surface area contributed by atoms with Crippen LogP contribution in [0.15, 0.2) is 42.9 Å². The number of aromatic nitrogens is 3. The third kappa shape index (κ3) is 3.99. The van der Waals surface area contributed by atoms with Crippen molar-refractivity contribution in [3.05, 3.63) is 48.7 Å². The second-order valence-corrected chi connectivity index (χ2v) is 6.65. The van der Waals surface area contributed by atoms with Crippen LogP contribution < -0.4 is 15.5 Å². The van der Waals surface area contributed by atoms with Gasteiger partial charge in [0.25, 0.3) is 0 Å². The predicted octanol–water partition coefficient (Wildman–Crippen LogP) is 2.29. The van der Waals surface area contributed by atoms with Crippen LogP contribution >= 0.6 is 0 Å². The Balaban J connectivity index is 1.35. The maximum absolute atomic E-state index is 12.9. The molecule has 0 unspecified atom stereocenters. The van der Waals surface area contributed by atoms with Gasteiger partial charge in [0.1, 0.15) is 23.6 Å². The van der Waals surface area contributed by atoms with Gasteiger partial charge in [-0.1, -0.05) is 0 Å². The molecule has 1 atom stereocenters. The molecule has 4 rings (SSSR count). The first-order chi connectivity index (χ1) is 13.2. The lowest BCUT2D eigenvalue weighted by Crippen LogP contribution is -2.49. The van der Waals surface area contributed by atoms with Crippen molar-refractivity contribution in [3.8, 4) is 0 Å². The van der Waals surface area contributed by atoms with E-state index < -0.39 is 0 Å². The second kappa shape index (κ2) is 7.61. The zero-order chi connectivity index (χ0) is 18.6. The number of carbonyl (C=O) groups is 1. The minimum absolute atomic E-state index is 0.0604. The van der Waals surface area contributed by atoms with Crippen molar-refractivity contribution in [2.45, 2.75) is 18.9 Å². The van der Waals surface area contributed by atoms with Crippen molar-refractivity contribution in [2.24, 2.45) is 0 Å². The van der Waals surface area contributed by atoms with Crippen LogP contribution in [0, 0.1) is 5.82 Å². The quantitative estimate of drug-likeness (QED) is 0.643. The lowest BCUT2D eigenvalue weighted by atomic mass is 10.1. The summed E-state index contributed by atoms with van der Waals surface area (Å²) in [5, 5.41) is 7.07. The van der Waals surface area contributed by atoms with Gasteiger partial charge in [-0.15, -0.1) is 0 Å². The minimum Gasteiger partial charge on any atom is -0.376 e. The Morgan fingerprint density at radius 1 is 1.26 bits per heavy atom. The van der Waals surface area contributed by atoms with E-state index >= 15 is 0 Å². The molecule has 3 aromatic rings. The lowest BCUT2D eigenvalue weighted by Gasteiger charge is -2.34. The number of carbonyl (C=O) groups excluding carboxylic acids is 1. The van der Waals surface area contributed by atoms with E-state index in [1.165, 1.54) is 12.1 Å². The summed E-state index contributed by atoms with van der Waals surface area (Å²) in [5.41, 5.74) is 1.53. The van der Waals surface area contributed by atoms with Crippen LogP contribution in [0.4, 0.5) is 15.9 Å². The third-order valence-corrected chi connectivity index (χ3v) is 4.72. The smallest absolute Gasteiger partial charge is 0.239 e. The molecule has 1 amide bonds. The molecule has 1 aliphatic heterocycles. The Hall–Kier alpha value is -3.16. The number of nitrogens with zero attached hydrogens (tertiary/aromatic N) is 3. The van der Waals surface area contributed by atoms with Crippen molar-refractivity contribution < 1.29 is 9.18 Å². The number of aromatic amines is 1. The summed E-state index contributed by atoms with van der Waals surface area (Å²) >= 11 is 0. The Labute approximate surface area is 156 Å². The lowest BCUT2D eigenvalue weighted by molar-refractivity contribution is -0.120. The number of hydrogen-bond donors (Lipinski definition) is 3. The molecule has 0 saturated carbocycles. The van der Waals surface area contributed by atoms with E-state index in [-0.39, 0.29) is 24.3 Å². The Morgan fingerprint density at radius 3 is 2.96 bits per heavy atom. The van der Waals surface area contributed by atoms with Gasteiger partial charge in [0.15, 0.2) is 0 Å². The summed E-state index contributed by atoms with van der Waals surface area (Å²) in [4.78, 5) is 26.2. The van der Waals surface area contributed by atoms with E-state index in [0.717, 1.165) is 36.2 Å². The fourth-order valence-corrected chi connectivity index (χ4v) is 3.43. The topological polar surface area (TPSA) is 85.9 Å². The molecule has 7 nitrogen and oxygen atoms in total. The van der Waals surface area contributed by atoms with Crippen molar-refractivity contribution in [3.63, 3.8) is 0 Å². The number of fused-ring (bicyclic) bond motifs is 1. The summed E-state index contributed by atoms with van der Waals surface area (Å²) in [5.74, 6) is 0.513. The molecule has 0 bridgehead atoms. The van der Waals surface area contributed by atoms with Gasteiger partial charge in [-0.3, -0.25) is 4.79 Å². The van der Waals surface area contributed by atoms with Gasteiger partial charge in [-0.25, -0.2) is 14.4 Å². The van der Waals surface area contributed by atoms with E-state index in [1.807, 2.05) is 12.3 Å². The second-order valence-electron chi connectivity index (χ2n) is 6.65. The number of H-pyrrole nitrogens is 1. The van der Waals surface area contributed by atoms with E-state index in [2.05, 4.69) is 30.5 Å². The Morgan fingerprint density at radius 2 is 2.11 bits per heavy atom. The minimum atomic E-state index is -0.298. The van der Waals surface area contributed by atoms with Crippen LogP contribution in [0.5, 0.6) is 0 Å². The number of benzene rings is 1. The van der Waals surface area contributed by atoms with Gasteiger partial charge >= 0.3 is 0 Å². The zero-order valence-corrected chi connectivity index (χ0v) is 14.8. The highest BCUT2D eigenvalue weighted by Gasteiger charge is 2.23. The number of nitrogens with one attached hydrogen (secondary N) is 3. The van der Waals surface area contributed by atoms with Crippen molar-refractivity contribution in [2.75, 3.05) is 29.9 Å². The summed E-state index contributed by atoms with van der Waals surface area (Å²) in [6, 6.07) is 7.99. The molecule has 1 aromatic carbocycles. The highest BCUT2D eigenvalue weighted by Crippen LogP contribution is 2.25. The van der Waals surface area contributed by atoms with E-state index in [1.54, 1.807) is 18.5 Å². The highest BCUT2D eigenvalue weighted by atomic mass is 19.1. The Bertz CT molecular complexity index is 925. The zero-order valence-electron chi connectivity index (χ0n) is 14.8. The number of piperidine rings is 1. The van der Waals surface area contributed by atoms with Gasteiger partial charge in [0.05, 0.1) is 11.9 Å². The first-order valence-corrected chi connectivity index (χ1v) is 9.01. The molecule has 8 heteroatoms. The van der Waals surface area contributed by atoms with Crippen LogP contribution in [0.3, 0.4) is 0 Å². The van der Waals surface area contributed by atoms with Crippen LogP contribution in [-0.4, -0.2) is 46.5 Å². The van der Waals surface area contributed by atoms with E-state index in [4.69, 9.17) is 0 Å². The number of amides is 1. The molecular weight excluding hydrogens is 347 g/mol. The summed E-state index contributed by atoms with van der Waals surface area (Å²) in [6.07, 6.45) is 5.32. The summed E-state index contributed by atoms with van der Waals surface area (Å²) < 4.78 is 12.9. The van der Waals surface area contributed by atoms with Crippen molar-refractivity contribution in [1.29, 1.82) is 0 Å². The fraction of sp³-hybridized carbons (Fsp3) is 0.316. The average molecular weight is 368 g/mol. The van der Waals surface area contributed by atoms with Gasteiger partial charge < -0.3 is 20.5 Å². The molecule has 3 N–H and O–H groups in total. The van der Waals surface area contributed by atoms with E-state index in [0.29, 0.717) is 12.2 Å². The summed E-state index contributed by atoms with van der Waals surface area (Å²) in [7, 11) is 0. The largest absolute Gasteiger partial charge is 0.376 e. The standard InChI is InChI=1S/C19H21FN6O/c20-13-3-5-14(6-4-13)22-10-17(27)25-15-2-1-9-26(11-15)19-16-7-8-21-18(16)23-12-24-19/h3-8,12,15,22H,1-2,9-11H2,(H,25,27)(H,21,23,24)/t15-/m1/s1. The first-order valence-electron chi connectivity index (χ1n) is 9.01. The number of hydrogen-bond acceptors (Lipinski definition) is 5. The highest BCUT2D eigenvalue weighted by molar-refractivity contribution is 5.87. The maximum Gasteiger partial charge on any atom is 0.239 e. The average Bonchev–Trinajstić information content (AvgIpc) is 3.16. The van der Waals surface area contributed by atoms with Gasteiger partial charge in [0, 0.05) is 31.0 Å². The molecule has 1 saturated heterocycles. The molecular formula is C19H21FN6O. The monoisotopic (exact) mass is 368 g/mol. The van der Waals surface area contributed by atoms with Crippen molar-refractivity contribution in [1.82, 2.24) is 20.3 Å². The van der Waals surface area contributed by atoms with Crippen LogP contribution in [0.2, 0.25) is 0 Å². The number of anilines is 2. The molecule has 0 spiro atoms. The molecule has 0 radical (unpaired) electrons. The molecule has 1 fully saturated rings. The van der Waals surface area contributed by atoms with Crippen LogP contribution in [0.1, 0.15) is 12.8 Å². The fourth-order valence-electron chi connectivity index (χ4n) is 3.43. The SMILES string of the molecule is O=C(CNc1ccc(F)cc1)N[C@@H]1CCCN(c2ncnc3[nH]ccc23)C1. The molecule has 3 heterocycles. The van der Waals surface area contributed by atoms with E-state index in [9.17, 15) is 9.18 Å².